The number of amides is 2. The minimum absolute atomic E-state index is 0.0637. The first-order chi connectivity index (χ1) is 13.0. The molecule has 0 spiro atoms. The molecule has 150 valence electrons. The van der Waals surface area contributed by atoms with Gasteiger partial charge in [0, 0.05) is 13.1 Å². The average molecular weight is 397 g/mol. The molecule has 1 aromatic carbocycles. The van der Waals surface area contributed by atoms with Crippen LogP contribution in [0, 0.1) is 0 Å². The van der Waals surface area contributed by atoms with E-state index in [9.17, 15) is 14.4 Å². The van der Waals surface area contributed by atoms with Crippen molar-refractivity contribution in [2.75, 3.05) is 24.6 Å². The molecule has 0 fully saturated rings. The Morgan fingerprint density at radius 1 is 1.11 bits per heavy atom. The number of ether oxygens (including phenoxy) is 1. The van der Waals surface area contributed by atoms with Gasteiger partial charge in [0.1, 0.15) is 6.61 Å². The van der Waals surface area contributed by atoms with Gasteiger partial charge in [0.05, 0.1) is 11.8 Å². The van der Waals surface area contributed by atoms with Crippen molar-refractivity contribution >= 4 is 29.7 Å². The molecule has 1 aromatic rings. The van der Waals surface area contributed by atoms with Gasteiger partial charge in [0.25, 0.3) is 0 Å². The smallest absolute Gasteiger partial charge is 0.407 e. The Kier molecular flexibility index (Phi) is 11.7. The summed E-state index contributed by atoms with van der Waals surface area (Å²) < 4.78 is 5.08. The van der Waals surface area contributed by atoms with Gasteiger partial charge in [0.15, 0.2) is 0 Å². The normalized spacial score (nSPS) is 11.4. The van der Waals surface area contributed by atoms with Crippen molar-refractivity contribution in [2.45, 2.75) is 31.9 Å². The second-order valence-corrected chi connectivity index (χ2v) is 6.93. The number of hydrogen-bond acceptors (Lipinski definition) is 6. The molecule has 1 rings (SSSR count). The second kappa shape index (κ2) is 13.9. The van der Waals surface area contributed by atoms with Gasteiger partial charge >= 0.3 is 12.1 Å². The molecular formula is C18H27N3O5S. The van der Waals surface area contributed by atoms with E-state index in [0.717, 1.165) is 5.56 Å². The van der Waals surface area contributed by atoms with Crippen molar-refractivity contribution in [3.63, 3.8) is 0 Å². The molecular weight excluding hydrogens is 370 g/mol. The quantitative estimate of drug-likeness (QED) is 0.369. The van der Waals surface area contributed by atoms with Crippen LogP contribution in [-0.4, -0.2) is 53.7 Å². The molecule has 0 bridgehead atoms. The first kappa shape index (κ1) is 22.8. The van der Waals surface area contributed by atoms with Crippen LogP contribution in [0.25, 0.3) is 0 Å². The van der Waals surface area contributed by atoms with Crippen LogP contribution < -0.4 is 16.4 Å². The lowest BCUT2D eigenvalue weighted by molar-refractivity contribution is -0.134. The number of aliphatic carboxylic acids is 1. The highest BCUT2D eigenvalue weighted by atomic mass is 32.2. The van der Waals surface area contributed by atoms with E-state index < -0.39 is 18.1 Å². The average Bonchev–Trinajstić information content (AvgIpc) is 2.66. The van der Waals surface area contributed by atoms with E-state index in [1.807, 2.05) is 30.3 Å². The molecule has 1 atom stereocenters. The van der Waals surface area contributed by atoms with Crippen LogP contribution in [0.4, 0.5) is 4.79 Å². The molecule has 2 amide bonds. The fourth-order valence-electron chi connectivity index (χ4n) is 2.09. The minimum Gasteiger partial charge on any atom is -0.481 e. The maximum absolute atomic E-state index is 11.8. The van der Waals surface area contributed by atoms with Gasteiger partial charge in [-0.3, -0.25) is 9.59 Å². The molecule has 9 heteroatoms. The number of alkyl carbamates (subject to hydrolysis) is 1. The van der Waals surface area contributed by atoms with E-state index in [-0.39, 0.29) is 18.3 Å². The summed E-state index contributed by atoms with van der Waals surface area (Å²) in [6, 6.07) is 8.74. The lowest BCUT2D eigenvalue weighted by Gasteiger charge is -2.12. The third kappa shape index (κ3) is 11.9. The maximum atomic E-state index is 11.8. The highest BCUT2D eigenvalue weighted by Crippen LogP contribution is 2.02. The van der Waals surface area contributed by atoms with Crippen molar-refractivity contribution in [1.82, 2.24) is 10.6 Å². The van der Waals surface area contributed by atoms with Crippen molar-refractivity contribution in [3.05, 3.63) is 35.9 Å². The molecule has 0 unspecified atom stereocenters. The van der Waals surface area contributed by atoms with E-state index >= 15 is 0 Å². The van der Waals surface area contributed by atoms with Crippen molar-refractivity contribution in [1.29, 1.82) is 0 Å². The van der Waals surface area contributed by atoms with Crippen molar-refractivity contribution < 1.29 is 24.2 Å². The van der Waals surface area contributed by atoms with Gasteiger partial charge in [0.2, 0.25) is 5.91 Å². The molecule has 0 saturated heterocycles. The molecule has 0 aliphatic rings. The van der Waals surface area contributed by atoms with Crippen LogP contribution in [0.15, 0.2) is 30.3 Å². The van der Waals surface area contributed by atoms with Crippen molar-refractivity contribution in [3.8, 4) is 0 Å². The summed E-state index contributed by atoms with van der Waals surface area (Å²) in [7, 11) is 0. The molecule has 5 N–H and O–H groups in total. The summed E-state index contributed by atoms with van der Waals surface area (Å²) in [5.74, 6) is -0.362. The summed E-state index contributed by atoms with van der Waals surface area (Å²) >= 11 is 1.31. The SMILES string of the molecule is N[C@@H](CCCNC(=O)OCc1ccccc1)C(=O)NCCCSCC(=O)O. The monoisotopic (exact) mass is 397 g/mol. The summed E-state index contributed by atoms with van der Waals surface area (Å²) in [5.41, 5.74) is 6.72. The second-order valence-electron chi connectivity index (χ2n) is 5.83. The van der Waals surface area contributed by atoms with Gasteiger partial charge < -0.3 is 26.2 Å². The predicted octanol–water partition coefficient (Wildman–Crippen LogP) is 1.34. The summed E-state index contributed by atoms with van der Waals surface area (Å²) in [6.07, 6.45) is 1.18. The Hall–Kier alpha value is -2.26. The third-order valence-corrected chi connectivity index (χ3v) is 4.53. The van der Waals surface area contributed by atoms with Crippen LogP contribution in [0.1, 0.15) is 24.8 Å². The van der Waals surface area contributed by atoms with Crippen molar-refractivity contribution in [2.24, 2.45) is 5.73 Å². The maximum Gasteiger partial charge on any atom is 0.407 e. The van der Waals surface area contributed by atoms with Crippen LogP contribution >= 0.6 is 11.8 Å². The van der Waals surface area contributed by atoms with E-state index in [1.54, 1.807) is 0 Å². The predicted molar refractivity (Wildman–Crippen MR) is 104 cm³/mol. The molecule has 0 aromatic heterocycles. The lowest BCUT2D eigenvalue weighted by Crippen LogP contribution is -2.41. The van der Waals surface area contributed by atoms with Crippen LogP contribution in [0.2, 0.25) is 0 Å². The van der Waals surface area contributed by atoms with Crippen LogP contribution in [-0.2, 0) is 20.9 Å². The number of nitrogens with one attached hydrogen (secondary N) is 2. The highest BCUT2D eigenvalue weighted by molar-refractivity contribution is 7.99. The largest absolute Gasteiger partial charge is 0.481 e. The molecule has 0 aliphatic heterocycles. The number of thioether (sulfide) groups is 1. The zero-order valence-electron chi connectivity index (χ0n) is 15.2. The molecule has 0 aliphatic carbocycles. The number of rotatable bonds is 13. The topological polar surface area (TPSA) is 131 Å². The molecule has 0 heterocycles. The Labute approximate surface area is 163 Å². The zero-order valence-corrected chi connectivity index (χ0v) is 16.0. The van der Waals surface area contributed by atoms with Gasteiger partial charge in [-0.15, -0.1) is 0 Å². The Morgan fingerprint density at radius 3 is 2.52 bits per heavy atom. The van der Waals surface area contributed by atoms with Gasteiger partial charge in [-0.25, -0.2) is 4.79 Å². The van der Waals surface area contributed by atoms with Gasteiger partial charge in [-0.1, -0.05) is 30.3 Å². The van der Waals surface area contributed by atoms with E-state index in [2.05, 4.69) is 10.6 Å². The summed E-state index contributed by atoms with van der Waals surface area (Å²) in [5, 5.41) is 13.9. The number of carbonyl (C=O) groups excluding carboxylic acids is 2. The summed E-state index contributed by atoms with van der Waals surface area (Å²) in [6.45, 7) is 1.04. The fraction of sp³-hybridized carbons (Fsp3) is 0.500. The highest BCUT2D eigenvalue weighted by Gasteiger charge is 2.12. The molecule has 27 heavy (non-hydrogen) atoms. The minimum atomic E-state index is -0.844. The zero-order chi connectivity index (χ0) is 19.9. The number of nitrogens with two attached hydrogens (primary N) is 1. The van der Waals surface area contributed by atoms with Gasteiger partial charge in [-0.2, -0.15) is 11.8 Å². The molecule has 8 nitrogen and oxygen atoms in total. The number of carbonyl (C=O) groups is 3. The van der Waals surface area contributed by atoms with Crippen LogP contribution in [0.5, 0.6) is 0 Å². The number of benzene rings is 1. The molecule has 0 saturated carbocycles. The fourth-order valence-corrected chi connectivity index (χ4v) is 2.76. The standard InChI is InChI=1S/C18H27N3O5S/c19-15(17(24)20-10-5-11-27-13-16(22)23)8-4-9-21-18(25)26-12-14-6-2-1-3-7-14/h1-3,6-7,15H,4-5,8-13,19H2,(H,20,24)(H,21,25)(H,22,23)/t15-/m0/s1. The van der Waals surface area contributed by atoms with E-state index in [4.69, 9.17) is 15.6 Å². The Morgan fingerprint density at radius 2 is 1.81 bits per heavy atom. The lowest BCUT2D eigenvalue weighted by atomic mass is 10.1. The third-order valence-electron chi connectivity index (χ3n) is 3.50. The van der Waals surface area contributed by atoms with E-state index in [0.29, 0.717) is 38.1 Å². The van der Waals surface area contributed by atoms with E-state index in [1.165, 1.54) is 11.8 Å². The molecule has 0 radical (unpaired) electrons. The first-order valence-electron chi connectivity index (χ1n) is 8.76. The Bertz CT molecular complexity index is 586. The van der Waals surface area contributed by atoms with Gasteiger partial charge in [-0.05, 0) is 30.6 Å². The number of carboxylic acids is 1. The number of carboxylic acid groups (broad SMARTS) is 1. The first-order valence-corrected chi connectivity index (χ1v) is 9.92. The Balaban J connectivity index is 2.02. The summed E-state index contributed by atoms with van der Waals surface area (Å²) in [4.78, 5) is 33.8. The number of hydrogen-bond donors (Lipinski definition) is 4. The van der Waals surface area contributed by atoms with Crippen LogP contribution in [0.3, 0.4) is 0 Å².